The molecule has 4 rings (SSSR count). The molecule has 3 aliphatic heterocycles. The molecule has 1 spiro atoms. The number of fused-ring (bicyclic) bond motifs is 1. The number of aliphatic imine (C=N–C) groups is 3. The van der Waals surface area contributed by atoms with Crippen molar-refractivity contribution in [2.24, 2.45) is 20.4 Å². The standard InChI is InChI=1S/C17H17N5O/c1-19-14-8-11-13(10-20-14)21-16(23)12(9-18)15(11)22-6-4-17(2-3-17)5-7-22/h8,10H,2-7H2,1H3. The van der Waals surface area contributed by atoms with Crippen LogP contribution in [-0.2, 0) is 4.79 Å². The Kier molecular flexibility index (Phi) is 3.05. The van der Waals surface area contributed by atoms with E-state index < -0.39 is 5.91 Å². The number of rotatable bonds is 1. The van der Waals surface area contributed by atoms with Crippen molar-refractivity contribution >= 4 is 23.7 Å². The van der Waals surface area contributed by atoms with Crippen LogP contribution in [0.4, 0.5) is 0 Å². The Morgan fingerprint density at radius 1 is 1.30 bits per heavy atom. The van der Waals surface area contributed by atoms with Crippen LogP contribution >= 0.6 is 0 Å². The van der Waals surface area contributed by atoms with E-state index in [1.54, 1.807) is 13.3 Å². The van der Waals surface area contributed by atoms with E-state index in [-0.39, 0.29) is 5.57 Å². The summed E-state index contributed by atoms with van der Waals surface area (Å²) in [6, 6.07) is 2.06. The van der Waals surface area contributed by atoms with E-state index in [0.29, 0.717) is 22.7 Å². The zero-order valence-electron chi connectivity index (χ0n) is 13.0. The van der Waals surface area contributed by atoms with E-state index in [4.69, 9.17) is 0 Å². The van der Waals surface area contributed by atoms with E-state index in [9.17, 15) is 10.1 Å². The molecule has 0 aromatic carbocycles. The Balaban J connectivity index is 1.75. The van der Waals surface area contributed by atoms with Crippen LogP contribution in [-0.4, -0.2) is 48.7 Å². The van der Waals surface area contributed by atoms with Gasteiger partial charge in [0.05, 0.1) is 17.6 Å². The van der Waals surface area contributed by atoms with Gasteiger partial charge in [0.15, 0.2) is 0 Å². The summed E-state index contributed by atoms with van der Waals surface area (Å²) in [5.74, 6) is 0.114. The van der Waals surface area contributed by atoms with Gasteiger partial charge in [0.1, 0.15) is 17.5 Å². The summed E-state index contributed by atoms with van der Waals surface area (Å²) in [6.07, 6.45) is 8.28. The third-order valence-corrected chi connectivity index (χ3v) is 5.23. The fraction of sp³-hybridized carbons (Fsp3) is 0.471. The highest BCUT2D eigenvalue weighted by molar-refractivity contribution is 6.46. The van der Waals surface area contributed by atoms with E-state index in [0.717, 1.165) is 31.5 Å². The van der Waals surface area contributed by atoms with Crippen LogP contribution in [0.2, 0.25) is 0 Å². The summed E-state index contributed by atoms with van der Waals surface area (Å²) in [5, 5.41) is 9.48. The first kappa shape index (κ1) is 14.1. The second-order valence-corrected chi connectivity index (χ2v) is 6.52. The van der Waals surface area contributed by atoms with Gasteiger partial charge in [-0.3, -0.25) is 9.79 Å². The number of hydrogen-bond donors (Lipinski definition) is 0. The van der Waals surface area contributed by atoms with Crippen molar-refractivity contribution in [3.63, 3.8) is 0 Å². The van der Waals surface area contributed by atoms with Crippen molar-refractivity contribution in [3.8, 4) is 6.07 Å². The molecule has 0 aromatic rings. The Bertz CT molecular complexity index is 776. The maximum Gasteiger partial charge on any atom is 0.290 e. The number of carbonyl (C=O) groups excluding carboxylic acids is 1. The predicted octanol–water partition coefficient (Wildman–Crippen LogP) is 1.66. The molecule has 1 saturated carbocycles. The molecule has 1 saturated heterocycles. The number of nitriles is 1. The first-order chi connectivity index (χ1) is 11.2. The van der Waals surface area contributed by atoms with Crippen molar-refractivity contribution in [2.75, 3.05) is 20.1 Å². The molecule has 0 radical (unpaired) electrons. The SMILES string of the molecule is CN=C1C=C2C(=NC(=O)C(C#N)=C2N2CCC3(CC2)CC3)C=N1. The minimum Gasteiger partial charge on any atom is -0.370 e. The maximum atomic E-state index is 12.2. The van der Waals surface area contributed by atoms with Gasteiger partial charge in [-0.1, -0.05) is 0 Å². The average Bonchev–Trinajstić information content (AvgIpc) is 3.33. The molecular formula is C17H17N5O. The average molecular weight is 307 g/mol. The van der Waals surface area contributed by atoms with E-state index in [1.807, 2.05) is 6.08 Å². The van der Waals surface area contributed by atoms with E-state index >= 15 is 0 Å². The van der Waals surface area contributed by atoms with Gasteiger partial charge in [-0.05, 0) is 37.2 Å². The lowest BCUT2D eigenvalue weighted by Crippen LogP contribution is -2.39. The maximum absolute atomic E-state index is 12.2. The zero-order chi connectivity index (χ0) is 16.0. The van der Waals surface area contributed by atoms with Crippen molar-refractivity contribution < 1.29 is 4.79 Å². The minimum atomic E-state index is -0.468. The van der Waals surface area contributed by atoms with Crippen molar-refractivity contribution in [2.45, 2.75) is 25.7 Å². The Labute approximate surface area is 134 Å². The topological polar surface area (TPSA) is 81.2 Å². The van der Waals surface area contributed by atoms with Gasteiger partial charge in [-0.25, -0.2) is 9.98 Å². The molecule has 0 unspecified atom stereocenters. The van der Waals surface area contributed by atoms with Crippen molar-refractivity contribution in [1.82, 2.24) is 4.90 Å². The molecule has 6 heteroatoms. The largest absolute Gasteiger partial charge is 0.370 e. The summed E-state index contributed by atoms with van der Waals surface area (Å²) < 4.78 is 0. The molecule has 0 atom stereocenters. The number of dihydropyridines is 2. The zero-order valence-corrected chi connectivity index (χ0v) is 13.0. The highest BCUT2D eigenvalue weighted by atomic mass is 16.1. The smallest absolute Gasteiger partial charge is 0.290 e. The van der Waals surface area contributed by atoms with E-state index in [2.05, 4.69) is 25.9 Å². The molecular weight excluding hydrogens is 290 g/mol. The van der Waals surface area contributed by atoms with Gasteiger partial charge in [0.2, 0.25) is 0 Å². The monoisotopic (exact) mass is 307 g/mol. The molecule has 1 aliphatic carbocycles. The van der Waals surface area contributed by atoms with Crippen molar-refractivity contribution in [3.05, 3.63) is 22.9 Å². The van der Waals surface area contributed by atoms with Crippen LogP contribution in [0.3, 0.4) is 0 Å². The second-order valence-electron chi connectivity index (χ2n) is 6.52. The van der Waals surface area contributed by atoms with Crippen LogP contribution in [0.15, 0.2) is 37.9 Å². The highest BCUT2D eigenvalue weighted by Gasteiger charge is 2.45. The van der Waals surface area contributed by atoms with Crippen LogP contribution in [0, 0.1) is 16.7 Å². The second kappa shape index (κ2) is 4.98. The van der Waals surface area contributed by atoms with Crippen LogP contribution in [0.1, 0.15) is 25.7 Å². The van der Waals surface area contributed by atoms with Crippen molar-refractivity contribution in [1.29, 1.82) is 5.26 Å². The number of hydrogen-bond acceptors (Lipinski definition) is 4. The molecule has 0 aromatic heterocycles. The van der Waals surface area contributed by atoms with E-state index in [1.165, 1.54) is 12.8 Å². The molecule has 6 nitrogen and oxygen atoms in total. The number of amides is 1. The fourth-order valence-electron chi connectivity index (χ4n) is 3.55. The number of piperidine rings is 1. The Morgan fingerprint density at radius 3 is 2.65 bits per heavy atom. The summed E-state index contributed by atoms with van der Waals surface area (Å²) >= 11 is 0. The highest BCUT2D eigenvalue weighted by Crippen LogP contribution is 2.54. The minimum absolute atomic E-state index is 0.137. The quantitative estimate of drug-likeness (QED) is 0.739. The molecule has 0 bridgehead atoms. The molecule has 3 heterocycles. The van der Waals surface area contributed by atoms with Gasteiger partial charge < -0.3 is 4.90 Å². The Morgan fingerprint density at radius 2 is 2.04 bits per heavy atom. The van der Waals surface area contributed by atoms with Gasteiger partial charge >= 0.3 is 0 Å². The lowest BCUT2D eigenvalue weighted by atomic mass is 9.90. The lowest BCUT2D eigenvalue weighted by molar-refractivity contribution is -0.114. The predicted molar refractivity (Wildman–Crippen MR) is 87.5 cm³/mol. The molecule has 0 N–H and O–H groups in total. The first-order valence-electron chi connectivity index (χ1n) is 7.91. The molecule has 116 valence electrons. The third-order valence-electron chi connectivity index (χ3n) is 5.23. The molecule has 2 fully saturated rings. The van der Waals surface area contributed by atoms with Crippen LogP contribution in [0.5, 0.6) is 0 Å². The first-order valence-corrected chi connectivity index (χ1v) is 7.91. The lowest BCUT2D eigenvalue weighted by Gasteiger charge is -2.37. The normalized spacial score (nSPS) is 26.9. The number of nitrogens with zero attached hydrogens (tertiary/aromatic N) is 5. The van der Waals surface area contributed by atoms with Gasteiger partial charge in [0, 0.05) is 25.7 Å². The molecule has 1 amide bonds. The van der Waals surface area contributed by atoms with Gasteiger partial charge in [0.25, 0.3) is 5.91 Å². The van der Waals surface area contributed by atoms with Gasteiger partial charge in [-0.2, -0.15) is 5.26 Å². The number of amidine groups is 1. The summed E-state index contributed by atoms with van der Waals surface area (Å²) in [4.78, 5) is 26.7. The fourth-order valence-corrected chi connectivity index (χ4v) is 3.55. The number of allylic oxidation sites excluding steroid dienone is 1. The molecule has 23 heavy (non-hydrogen) atoms. The third kappa shape index (κ3) is 2.24. The van der Waals surface area contributed by atoms with Crippen LogP contribution in [0.25, 0.3) is 0 Å². The van der Waals surface area contributed by atoms with Gasteiger partial charge in [-0.15, -0.1) is 0 Å². The summed E-state index contributed by atoms with van der Waals surface area (Å²) in [7, 11) is 1.67. The molecule has 4 aliphatic rings. The number of likely N-dealkylation sites (tertiary alicyclic amines) is 1. The number of carbonyl (C=O) groups is 1. The van der Waals surface area contributed by atoms with Crippen LogP contribution < -0.4 is 0 Å². The Hall–Kier alpha value is -2.55. The summed E-state index contributed by atoms with van der Waals surface area (Å²) in [6.45, 7) is 1.77. The summed E-state index contributed by atoms with van der Waals surface area (Å²) in [5.41, 5.74) is 2.71.